The molecule has 3 aromatic rings. The number of carbonyl (C=O) groups excluding carboxylic acids is 2. The van der Waals surface area contributed by atoms with Gasteiger partial charge in [-0.2, -0.15) is 4.99 Å². The Balaban J connectivity index is 2.16. The molecule has 1 amide bonds. The molecule has 9 heteroatoms. The molecule has 28 heavy (non-hydrogen) atoms. The number of fused-ring (bicyclic) bond motifs is 1. The lowest BCUT2D eigenvalue weighted by molar-refractivity contribution is -0.141. The van der Waals surface area contributed by atoms with E-state index in [2.05, 4.69) is 4.99 Å². The van der Waals surface area contributed by atoms with E-state index in [0.29, 0.717) is 21.3 Å². The van der Waals surface area contributed by atoms with Gasteiger partial charge in [0, 0.05) is 5.02 Å². The van der Waals surface area contributed by atoms with E-state index in [0.717, 1.165) is 10.2 Å². The smallest absolute Gasteiger partial charge is 0.325 e. The Labute approximate surface area is 169 Å². The van der Waals surface area contributed by atoms with Crippen molar-refractivity contribution >= 4 is 45.0 Å². The fraction of sp³-hybridized carbons (Fsp3) is 0.211. The highest BCUT2D eigenvalue weighted by Gasteiger charge is 2.16. The molecule has 2 aromatic carbocycles. The third kappa shape index (κ3) is 4.02. The zero-order valence-corrected chi connectivity index (χ0v) is 17.0. The van der Waals surface area contributed by atoms with E-state index in [9.17, 15) is 9.59 Å². The van der Waals surface area contributed by atoms with Gasteiger partial charge in [-0.3, -0.25) is 9.59 Å². The lowest BCUT2D eigenvalue weighted by Crippen LogP contribution is -2.22. The van der Waals surface area contributed by atoms with E-state index < -0.39 is 11.9 Å². The number of hydrogen-bond acceptors (Lipinski definition) is 6. The topological polar surface area (TPSA) is 79.1 Å². The minimum atomic E-state index is -0.521. The third-order valence-corrected chi connectivity index (χ3v) is 5.27. The van der Waals surface area contributed by atoms with Crippen molar-refractivity contribution in [2.24, 2.45) is 4.99 Å². The second-order valence-corrected chi connectivity index (χ2v) is 7.09. The highest BCUT2D eigenvalue weighted by Crippen LogP contribution is 2.25. The number of halogens is 1. The number of aromatic nitrogens is 1. The first kappa shape index (κ1) is 19.9. The minimum absolute atomic E-state index is 0.0838. The second kappa shape index (κ2) is 8.45. The maximum atomic E-state index is 12.9. The number of nitrogens with zero attached hydrogens (tertiary/aromatic N) is 2. The van der Waals surface area contributed by atoms with Crippen molar-refractivity contribution in [1.82, 2.24) is 4.57 Å². The number of esters is 1. The standard InChI is InChI=1S/C19H17ClN2O5S/c1-25-12-5-7-15(26-2)13(9-12)18(24)21-19-22(10-17(23)27-3)14-6-4-11(20)8-16(14)28-19/h4-9H,10H2,1-3H3. The number of methoxy groups -OCH3 is 3. The molecule has 0 saturated heterocycles. The maximum absolute atomic E-state index is 12.9. The van der Waals surface area contributed by atoms with E-state index in [1.54, 1.807) is 41.0 Å². The van der Waals surface area contributed by atoms with Crippen LogP contribution in [0, 0.1) is 0 Å². The molecule has 0 aliphatic heterocycles. The molecule has 0 fully saturated rings. The molecule has 3 rings (SSSR count). The van der Waals surface area contributed by atoms with E-state index >= 15 is 0 Å². The van der Waals surface area contributed by atoms with Crippen LogP contribution in [0.1, 0.15) is 10.4 Å². The van der Waals surface area contributed by atoms with Crippen molar-refractivity contribution in [2.45, 2.75) is 6.54 Å². The van der Waals surface area contributed by atoms with Crippen molar-refractivity contribution in [3.8, 4) is 11.5 Å². The summed E-state index contributed by atoms with van der Waals surface area (Å²) in [6, 6.07) is 10.1. The Hall–Kier alpha value is -2.84. The Morgan fingerprint density at radius 2 is 1.89 bits per heavy atom. The van der Waals surface area contributed by atoms with Crippen LogP contribution in [-0.2, 0) is 16.1 Å². The number of ether oxygens (including phenoxy) is 3. The average Bonchev–Trinajstić information content (AvgIpc) is 3.02. The van der Waals surface area contributed by atoms with Gasteiger partial charge in [0.25, 0.3) is 5.91 Å². The molecule has 0 N–H and O–H groups in total. The fourth-order valence-electron chi connectivity index (χ4n) is 2.61. The number of hydrogen-bond donors (Lipinski definition) is 0. The van der Waals surface area contributed by atoms with Gasteiger partial charge in [-0.25, -0.2) is 0 Å². The van der Waals surface area contributed by atoms with Gasteiger partial charge in [0.15, 0.2) is 4.80 Å². The summed E-state index contributed by atoms with van der Waals surface area (Å²) >= 11 is 7.31. The summed E-state index contributed by atoms with van der Waals surface area (Å²) in [5, 5.41) is 0.548. The summed E-state index contributed by atoms with van der Waals surface area (Å²) in [6.45, 7) is -0.0838. The molecule has 146 valence electrons. The van der Waals surface area contributed by atoms with Gasteiger partial charge in [0.2, 0.25) is 0 Å². The molecule has 0 spiro atoms. The first-order chi connectivity index (χ1) is 13.5. The summed E-state index contributed by atoms with van der Waals surface area (Å²) < 4.78 is 17.6. The molecule has 0 saturated carbocycles. The summed E-state index contributed by atoms with van der Waals surface area (Å²) in [5.74, 6) is -0.0994. The Kier molecular flexibility index (Phi) is 6.01. The van der Waals surface area contributed by atoms with Crippen LogP contribution >= 0.6 is 22.9 Å². The monoisotopic (exact) mass is 420 g/mol. The van der Waals surface area contributed by atoms with E-state index in [-0.39, 0.29) is 12.1 Å². The van der Waals surface area contributed by atoms with E-state index in [4.69, 9.17) is 25.8 Å². The SMILES string of the molecule is COC(=O)Cn1c(=NC(=O)c2cc(OC)ccc2OC)sc2cc(Cl)ccc21. The number of amides is 1. The van der Waals surface area contributed by atoms with E-state index in [1.807, 2.05) is 0 Å². The number of benzene rings is 2. The van der Waals surface area contributed by atoms with Crippen LogP contribution in [0.25, 0.3) is 10.2 Å². The minimum Gasteiger partial charge on any atom is -0.497 e. The van der Waals surface area contributed by atoms with Crippen molar-refractivity contribution in [2.75, 3.05) is 21.3 Å². The molecule has 0 aliphatic carbocycles. The van der Waals surface area contributed by atoms with Crippen molar-refractivity contribution < 1.29 is 23.8 Å². The molecule has 0 atom stereocenters. The molecular weight excluding hydrogens is 404 g/mol. The molecule has 1 aromatic heterocycles. The van der Waals surface area contributed by atoms with Crippen LogP contribution in [0.4, 0.5) is 0 Å². The predicted octanol–water partition coefficient (Wildman–Crippen LogP) is 3.29. The van der Waals surface area contributed by atoms with Crippen LogP contribution < -0.4 is 14.3 Å². The third-order valence-electron chi connectivity index (χ3n) is 3.99. The first-order valence-electron chi connectivity index (χ1n) is 8.13. The van der Waals surface area contributed by atoms with Crippen LogP contribution in [0.15, 0.2) is 41.4 Å². The molecular formula is C19H17ClN2O5S. The highest BCUT2D eigenvalue weighted by atomic mass is 35.5. The number of rotatable bonds is 5. The second-order valence-electron chi connectivity index (χ2n) is 5.64. The van der Waals surface area contributed by atoms with Crippen molar-refractivity contribution in [3.05, 3.63) is 51.8 Å². The summed E-state index contributed by atoms with van der Waals surface area (Å²) in [5.41, 5.74) is 0.978. The van der Waals surface area contributed by atoms with Crippen molar-refractivity contribution in [1.29, 1.82) is 0 Å². The van der Waals surface area contributed by atoms with Gasteiger partial charge >= 0.3 is 5.97 Å². The lowest BCUT2D eigenvalue weighted by atomic mass is 10.2. The largest absolute Gasteiger partial charge is 0.497 e. The Morgan fingerprint density at radius 1 is 1.11 bits per heavy atom. The van der Waals surface area contributed by atoms with Crippen LogP contribution in [0.5, 0.6) is 11.5 Å². The molecule has 7 nitrogen and oxygen atoms in total. The molecule has 0 radical (unpaired) electrons. The van der Waals surface area contributed by atoms with Crippen LogP contribution in [0.2, 0.25) is 5.02 Å². The summed E-state index contributed by atoms with van der Waals surface area (Å²) in [7, 11) is 4.28. The fourth-order valence-corrected chi connectivity index (χ4v) is 3.91. The van der Waals surface area contributed by atoms with Gasteiger partial charge in [0.05, 0.1) is 37.1 Å². The number of thiazole rings is 1. The molecule has 0 unspecified atom stereocenters. The van der Waals surface area contributed by atoms with Gasteiger partial charge in [-0.05, 0) is 36.4 Å². The normalized spacial score (nSPS) is 11.5. The summed E-state index contributed by atoms with van der Waals surface area (Å²) in [6.07, 6.45) is 0. The van der Waals surface area contributed by atoms with Gasteiger partial charge < -0.3 is 18.8 Å². The molecule has 0 bridgehead atoms. The van der Waals surface area contributed by atoms with E-state index in [1.165, 1.54) is 32.7 Å². The summed E-state index contributed by atoms with van der Waals surface area (Å²) in [4.78, 5) is 29.3. The molecule has 0 aliphatic rings. The molecule has 1 heterocycles. The van der Waals surface area contributed by atoms with Gasteiger partial charge in [0.1, 0.15) is 18.0 Å². The quantitative estimate of drug-likeness (QED) is 0.592. The Morgan fingerprint density at radius 3 is 2.57 bits per heavy atom. The average molecular weight is 421 g/mol. The lowest BCUT2D eigenvalue weighted by Gasteiger charge is -2.07. The first-order valence-corrected chi connectivity index (χ1v) is 9.33. The zero-order chi connectivity index (χ0) is 20.3. The van der Waals surface area contributed by atoms with Gasteiger partial charge in [-0.15, -0.1) is 0 Å². The van der Waals surface area contributed by atoms with Crippen molar-refractivity contribution in [3.63, 3.8) is 0 Å². The maximum Gasteiger partial charge on any atom is 0.325 e. The highest BCUT2D eigenvalue weighted by molar-refractivity contribution is 7.16. The Bertz CT molecular complexity index is 1120. The van der Waals surface area contributed by atoms with Crippen LogP contribution in [0.3, 0.4) is 0 Å². The number of carbonyl (C=O) groups is 2. The predicted molar refractivity (Wildman–Crippen MR) is 106 cm³/mol. The van der Waals surface area contributed by atoms with Gasteiger partial charge in [-0.1, -0.05) is 22.9 Å². The van der Waals surface area contributed by atoms with Crippen LogP contribution in [-0.4, -0.2) is 37.8 Å². The zero-order valence-electron chi connectivity index (χ0n) is 15.4.